The Bertz CT molecular complexity index is 946. The zero-order valence-electron chi connectivity index (χ0n) is 14.2. The minimum absolute atomic E-state index is 0.0282. The Kier molecular flexibility index (Phi) is 4.60. The van der Waals surface area contributed by atoms with Gasteiger partial charge in [0.05, 0.1) is 5.69 Å². The molecule has 1 amide bonds. The Labute approximate surface area is 159 Å². The SMILES string of the molecule is CCC(=O)N1c2ccccc2-c2nnc(SC)nc2OC1c1ccsc1. The molecular formula is C18H16N4O2S2. The van der Waals surface area contributed by atoms with Gasteiger partial charge in [-0.25, -0.2) is 0 Å². The number of aromatic nitrogens is 3. The molecule has 3 aromatic rings. The van der Waals surface area contributed by atoms with Crippen LogP contribution in [-0.4, -0.2) is 27.3 Å². The largest absolute Gasteiger partial charge is 0.447 e. The zero-order chi connectivity index (χ0) is 18.1. The van der Waals surface area contributed by atoms with E-state index in [1.807, 2.05) is 54.3 Å². The maximum absolute atomic E-state index is 12.9. The van der Waals surface area contributed by atoms with Crippen molar-refractivity contribution in [1.82, 2.24) is 15.2 Å². The average molecular weight is 384 g/mol. The predicted molar refractivity (Wildman–Crippen MR) is 103 cm³/mol. The van der Waals surface area contributed by atoms with Crippen molar-refractivity contribution < 1.29 is 9.53 Å². The lowest BCUT2D eigenvalue weighted by molar-refractivity contribution is -0.120. The highest BCUT2D eigenvalue weighted by Gasteiger charge is 2.35. The van der Waals surface area contributed by atoms with Crippen LogP contribution < -0.4 is 9.64 Å². The van der Waals surface area contributed by atoms with E-state index in [1.165, 1.54) is 11.8 Å². The second-order valence-electron chi connectivity index (χ2n) is 5.61. The summed E-state index contributed by atoms with van der Waals surface area (Å²) in [5, 5.41) is 13.0. The summed E-state index contributed by atoms with van der Waals surface area (Å²) in [7, 11) is 0. The molecular weight excluding hydrogens is 368 g/mol. The maximum atomic E-state index is 12.9. The number of hydrogen-bond donors (Lipinski definition) is 0. The third-order valence-corrected chi connectivity index (χ3v) is 5.33. The summed E-state index contributed by atoms with van der Waals surface area (Å²) in [5.74, 6) is 0.360. The number of ether oxygens (including phenoxy) is 1. The zero-order valence-corrected chi connectivity index (χ0v) is 15.9. The molecule has 1 unspecified atom stereocenters. The van der Waals surface area contributed by atoms with E-state index in [0.29, 0.717) is 23.2 Å². The molecule has 4 rings (SSSR count). The molecule has 0 N–H and O–H groups in total. The standard InChI is InChI=1S/C18H16N4O2S2/c1-3-14(23)22-13-7-5-4-6-12(13)15-16(19-18(25-2)21-20-15)24-17(22)11-8-9-26-10-11/h4-10,17H,3H2,1-2H3. The number of benzene rings is 1. The number of carbonyl (C=O) groups is 1. The van der Waals surface area contributed by atoms with Crippen molar-refractivity contribution in [3.63, 3.8) is 0 Å². The van der Waals surface area contributed by atoms with Crippen LogP contribution in [0.3, 0.4) is 0 Å². The molecule has 0 aliphatic carbocycles. The lowest BCUT2D eigenvalue weighted by Crippen LogP contribution is -2.37. The van der Waals surface area contributed by atoms with Crippen molar-refractivity contribution in [2.45, 2.75) is 24.7 Å². The van der Waals surface area contributed by atoms with Crippen molar-refractivity contribution in [1.29, 1.82) is 0 Å². The number of rotatable bonds is 3. The van der Waals surface area contributed by atoms with Crippen LogP contribution in [0, 0.1) is 0 Å². The number of fused-ring (bicyclic) bond motifs is 3. The van der Waals surface area contributed by atoms with Crippen molar-refractivity contribution in [3.05, 3.63) is 46.7 Å². The third kappa shape index (κ3) is 2.85. The molecule has 0 saturated carbocycles. The lowest BCUT2D eigenvalue weighted by atomic mass is 10.1. The number of hydrogen-bond acceptors (Lipinski definition) is 7. The van der Waals surface area contributed by atoms with E-state index in [0.717, 1.165) is 16.8 Å². The molecule has 0 saturated heterocycles. The van der Waals surface area contributed by atoms with Gasteiger partial charge >= 0.3 is 0 Å². The van der Waals surface area contributed by atoms with Gasteiger partial charge in [0.1, 0.15) is 0 Å². The van der Waals surface area contributed by atoms with Gasteiger partial charge in [0.2, 0.25) is 23.2 Å². The summed E-state index contributed by atoms with van der Waals surface area (Å²) in [6.45, 7) is 1.84. The molecule has 0 spiro atoms. The summed E-state index contributed by atoms with van der Waals surface area (Å²) in [6, 6.07) is 9.60. The first-order valence-corrected chi connectivity index (χ1v) is 10.3. The van der Waals surface area contributed by atoms with Crippen LogP contribution in [0.4, 0.5) is 5.69 Å². The van der Waals surface area contributed by atoms with E-state index in [1.54, 1.807) is 16.2 Å². The van der Waals surface area contributed by atoms with E-state index in [-0.39, 0.29) is 5.91 Å². The molecule has 1 aromatic carbocycles. The number of anilines is 1. The van der Waals surface area contributed by atoms with Gasteiger partial charge in [0, 0.05) is 17.5 Å². The highest BCUT2D eigenvalue weighted by atomic mass is 32.2. The highest BCUT2D eigenvalue weighted by molar-refractivity contribution is 7.98. The van der Waals surface area contributed by atoms with Crippen molar-refractivity contribution in [2.75, 3.05) is 11.2 Å². The van der Waals surface area contributed by atoms with Crippen LogP contribution in [0.5, 0.6) is 5.88 Å². The number of thiophene rings is 1. The summed E-state index contributed by atoms with van der Waals surface area (Å²) in [4.78, 5) is 19.0. The normalized spacial score (nSPS) is 15.6. The molecule has 1 aliphatic heterocycles. The van der Waals surface area contributed by atoms with Gasteiger partial charge in [-0.05, 0) is 29.1 Å². The van der Waals surface area contributed by atoms with Crippen molar-refractivity contribution >= 4 is 34.7 Å². The van der Waals surface area contributed by atoms with Crippen LogP contribution >= 0.6 is 23.1 Å². The topological polar surface area (TPSA) is 68.2 Å². The molecule has 1 aliphatic rings. The van der Waals surface area contributed by atoms with Crippen LogP contribution in [0.15, 0.2) is 46.2 Å². The van der Waals surface area contributed by atoms with Gasteiger partial charge in [0.15, 0.2) is 5.69 Å². The van der Waals surface area contributed by atoms with E-state index in [4.69, 9.17) is 4.74 Å². The summed E-state index contributed by atoms with van der Waals surface area (Å²) < 4.78 is 6.25. The van der Waals surface area contributed by atoms with Gasteiger partial charge in [0.25, 0.3) is 0 Å². The fourth-order valence-electron chi connectivity index (χ4n) is 2.87. The molecule has 2 aromatic heterocycles. The molecule has 3 heterocycles. The van der Waals surface area contributed by atoms with E-state index < -0.39 is 6.23 Å². The van der Waals surface area contributed by atoms with Gasteiger partial charge < -0.3 is 4.74 Å². The summed E-state index contributed by atoms with van der Waals surface area (Å²) in [5.41, 5.74) is 2.99. The van der Waals surface area contributed by atoms with Gasteiger partial charge in [-0.2, -0.15) is 16.3 Å². The number of amides is 1. The maximum Gasteiger partial charge on any atom is 0.247 e. The minimum Gasteiger partial charge on any atom is -0.447 e. The Morgan fingerprint density at radius 1 is 1.31 bits per heavy atom. The number of thioether (sulfide) groups is 1. The number of carbonyl (C=O) groups excluding carboxylic acids is 1. The second kappa shape index (κ2) is 7.05. The van der Waals surface area contributed by atoms with Gasteiger partial charge in [-0.15, -0.1) is 10.2 Å². The Balaban J connectivity index is 1.97. The summed E-state index contributed by atoms with van der Waals surface area (Å²) in [6.07, 6.45) is 1.66. The average Bonchev–Trinajstić information content (AvgIpc) is 3.17. The Morgan fingerprint density at radius 2 is 2.15 bits per heavy atom. The first-order chi connectivity index (χ1) is 12.7. The molecule has 0 fully saturated rings. The van der Waals surface area contributed by atoms with E-state index in [2.05, 4.69) is 15.2 Å². The van der Waals surface area contributed by atoms with E-state index in [9.17, 15) is 4.79 Å². The smallest absolute Gasteiger partial charge is 0.247 e. The fourth-order valence-corrected chi connectivity index (χ4v) is 3.84. The number of nitrogens with zero attached hydrogens (tertiary/aromatic N) is 4. The fraction of sp³-hybridized carbons (Fsp3) is 0.222. The molecule has 8 heteroatoms. The Morgan fingerprint density at radius 3 is 2.88 bits per heavy atom. The molecule has 1 atom stereocenters. The lowest BCUT2D eigenvalue weighted by Gasteiger charge is -2.30. The molecule has 0 radical (unpaired) electrons. The molecule has 26 heavy (non-hydrogen) atoms. The third-order valence-electron chi connectivity index (χ3n) is 4.09. The van der Waals surface area contributed by atoms with Gasteiger partial charge in [-0.3, -0.25) is 9.69 Å². The van der Waals surface area contributed by atoms with Crippen LogP contribution in [0.25, 0.3) is 11.3 Å². The first kappa shape index (κ1) is 17.0. The molecule has 132 valence electrons. The Hall–Kier alpha value is -2.45. The van der Waals surface area contributed by atoms with Crippen LogP contribution in [0.2, 0.25) is 0 Å². The molecule has 6 nitrogen and oxygen atoms in total. The highest BCUT2D eigenvalue weighted by Crippen LogP contribution is 2.43. The first-order valence-electron chi connectivity index (χ1n) is 8.11. The van der Waals surface area contributed by atoms with E-state index >= 15 is 0 Å². The van der Waals surface area contributed by atoms with Gasteiger partial charge in [-0.1, -0.05) is 36.9 Å². The second-order valence-corrected chi connectivity index (χ2v) is 7.17. The predicted octanol–water partition coefficient (Wildman–Crippen LogP) is 4.16. The monoisotopic (exact) mass is 384 g/mol. The van der Waals surface area contributed by atoms with Crippen LogP contribution in [0.1, 0.15) is 25.1 Å². The minimum atomic E-state index is -0.595. The number of para-hydroxylation sites is 1. The van der Waals surface area contributed by atoms with Crippen molar-refractivity contribution in [2.24, 2.45) is 0 Å². The molecule has 0 bridgehead atoms. The summed E-state index contributed by atoms with van der Waals surface area (Å²) >= 11 is 2.96. The van der Waals surface area contributed by atoms with Crippen LogP contribution in [-0.2, 0) is 4.79 Å². The van der Waals surface area contributed by atoms with Crippen molar-refractivity contribution in [3.8, 4) is 17.1 Å². The quantitative estimate of drug-likeness (QED) is 0.632.